The number of imide groups is 1. The molecule has 30 heavy (non-hydrogen) atoms. The second-order valence-corrected chi connectivity index (χ2v) is 7.24. The standard InChI is InChI=1S/C20H23N5O5/c1-20(2,29-3)18(27)25-19(28)24-15-7-6-14(11-22-15)30-13-8-9-21-16(10-13)23-17(26)12-4-5-12/h6-12H,4-5H2,1-3H3,(H,21,23,26)(H2,22,24,25,27,28). The van der Waals surface area contributed by atoms with Crippen LogP contribution in [0, 0.1) is 5.92 Å². The minimum Gasteiger partial charge on any atom is -0.456 e. The Bertz CT molecular complexity index is 941. The summed E-state index contributed by atoms with van der Waals surface area (Å²) in [4.78, 5) is 43.9. The molecule has 0 bridgehead atoms. The van der Waals surface area contributed by atoms with E-state index in [4.69, 9.17) is 9.47 Å². The highest BCUT2D eigenvalue weighted by atomic mass is 16.5. The van der Waals surface area contributed by atoms with Gasteiger partial charge < -0.3 is 14.8 Å². The van der Waals surface area contributed by atoms with Crippen molar-refractivity contribution in [2.24, 2.45) is 5.92 Å². The molecule has 158 valence electrons. The van der Waals surface area contributed by atoms with Gasteiger partial charge in [0.25, 0.3) is 5.91 Å². The van der Waals surface area contributed by atoms with E-state index in [0.29, 0.717) is 17.3 Å². The normalized spacial score (nSPS) is 13.3. The lowest BCUT2D eigenvalue weighted by atomic mass is 10.1. The third kappa shape index (κ3) is 5.74. The van der Waals surface area contributed by atoms with Crippen LogP contribution < -0.4 is 20.7 Å². The topological polar surface area (TPSA) is 132 Å². The summed E-state index contributed by atoms with van der Waals surface area (Å²) in [6.07, 6.45) is 4.76. The molecule has 0 aromatic carbocycles. The van der Waals surface area contributed by atoms with Gasteiger partial charge in [-0.2, -0.15) is 0 Å². The summed E-state index contributed by atoms with van der Waals surface area (Å²) < 4.78 is 10.7. The van der Waals surface area contributed by atoms with Gasteiger partial charge in [-0.25, -0.2) is 14.8 Å². The van der Waals surface area contributed by atoms with E-state index in [1.54, 1.807) is 32.0 Å². The lowest BCUT2D eigenvalue weighted by Crippen LogP contribution is -2.47. The van der Waals surface area contributed by atoms with Crippen LogP contribution in [0.5, 0.6) is 11.5 Å². The molecule has 0 unspecified atom stereocenters. The maximum Gasteiger partial charge on any atom is 0.327 e. The predicted molar refractivity (Wildman–Crippen MR) is 108 cm³/mol. The number of ether oxygens (including phenoxy) is 2. The average Bonchev–Trinajstić information content (AvgIpc) is 3.55. The molecule has 1 fully saturated rings. The Kier molecular flexibility index (Phi) is 6.26. The SMILES string of the molecule is COC(C)(C)C(=O)NC(=O)Nc1ccc(Oc2ccnc(NC(=O)C3CC3)c2)cn1. The Hall–Kier alpha value is -3.53. The molecule has 1 saturated carbocycles. The van der Waals surface area contributed by atoms with E-state index in [9.17, 15) is 14.4 Å². The molecule has 1 aliphatic rings. The molecule has 0 aliphatic heterocycles. The molecule has 2 aromatic rings. The average molecular weight is 413 g/mol. The molecule has 0 spiro atoms. The van der Waals surface area contributed by atoms with E-state index in [1.807, 2.05) is 0 Å². The van der Waals surface area contributed by atoms with Crippen molar-refractivity contribution in [2.45, 2.75) is 32.3 Å². The fourth-order valence-electron chi connectivity index (χ4n) is 2.26. The molecule has 2 aromatic heterocycles. The van der Waals surface area contributed by atoms with Gasteiger partial charge in [-0.3, -0.25) is 20.2 Å². The minimum absolute atomic E-state index is 0.0395. The summed E-state index contributed by atoms with van der Waals surface area (Å²) in [5.74, 6) is 0.999. The van der Waals surface area contributed by atoms with Gasteiger partial charge in [0, 0.05) is 25.3 Å². The van der Waals surface area contributed by atoms with Crippen molar-refractivity contribution in [3.8, 4) is 11.5 Å². The van der Waals surface area contributed by atoms with Crippen molar-refractivity contribution in [3.63, 3.8) is 0 Å². The molecule has 0 atom stereocenters. The quantitative estimate of drug-likeness (QED) is 0.636. The Morgan fingerprint density at radius 3 is 2.43 bits per heavy atom. The zero-order valence-corrected chi connectivity index (χ0v) is 16.9. The van der Waals surface area contributed by atoms with Crippen LogP contribution in [0.3, 0.4) is 0 Å². The summed E-state index contributed by atoms with van der Waals surface area (Å²) in [5.41, 5.74) is -1.13. The number of pyridine rings is 2. The maximum absolute atomic E-state index is 11.9. The van der Waals surface area contributed by atoms with Gasteiger partial charge in [0.05, 0.1) is 6.20 Å². The number of amides is 4. The molecule has 10 heteroatoms. The van der Waals surface area contributed by atoms with Gasteiger partial charge in [-0.15, -0.1) is 0 Å². The second-order valence-electron chi connectivity index (χ2n) is 7.24. The van der Waals surface area contributed by atoms with Crippen molar-refractivity contribution in [1.29, 1.82) is 0 Å². The first-order valence-corrected chi connectivity index (χ1v) is 9.35. The zero-order chi connectivity index (χ0) is 21.7. The van der Waals surface area contributed by atoms with Crippen LogP contribution in [-0.2, 0) is 14.3 Å². The largest absolute Gasteiger partial charge is 0.456 e. The first-order valence-electron chi connectivity index (χ1n) is 9.35. The van der Waals surface area contributed by atoms with Gasteiger partial charge in [-0.1, -0.05) is 0 Å². The Balaban J connectivity index is 1.55. The zero-order valence-electron chi connectivity index (χ0n) is 16.9. The lowest BCUT2D eigenvalue weighted by Gasteiger charge is -2.20. The van der Waals surface area contributed by atoms with Crippen LogP contribution in [0.25, 0.3) is 0 Å². The number of hydrogen-bond donors (Lipinski definition) is 3. The first-order chi connectivity index (χ1) is 14.3. The Labute approximate surface area is 173 Å². The van der Waals surface area contributed by atoms with Crippen molar-refractivity contribution >= 4 is 29.5 Å². The molecular formula is C20H23N5O5. The van der Waals surface area contributed by atoms with Gasteiger partial charge >= 0.3 is 6.03 Å². The van der Waals surface area contributed by atoms with E-state index < -0.39 is 17.5 Å². The number of methoxy groups -OCH3 is 1. The number of aromatic nitrogens is 2. The molecule has 4 amide bonds. The molecule has 10 nitrogen and oxygen atoms in total. The number of nitrogens with one attached hydrogen (secondary N) is 3. The van der Waals surface area contributed by atoms with Crippen LogP contribution in [0.15, 0.2) is 36.7 Å². The van der Waals surface area contributed by atoms with Crippen LogP contribution in [0.2, 0.25) is 0 Å². The number of rotatable bonds is 7. The smallest absolute Gasteiger partial charge is 0.327 e. The predicted octanol–water partition coefficient (Wildman–Crippen LogP) is 2.69. The number of urea groups is 1. The monoisotopic (exact) mass is 413 g/mol. The van der Waals surface area contributed by atoms with Crippen LogP contribution >= 0.6 is 0 Å². The molecule has 3 N–H and O–H groups in total. The van der Waals surface area contributed by atoms with Crippen LogP contribution in [0.1, 0.15) is 26.7 Å². The highest BCUT2D eigenvalue weighted by molar-refractivity contribution is 6.03. The Morgan fingerprint density at radius 1 is 1.03 bits per heavy atom. The summed E-state index contributed by atoms with van der Waals surface area (Å²) in [5, 5.41) is 7.39. The van der Waals surface area contributed by atoms with Gasteiger partial charge in [0.2, 0.25) is 5.91 Å². The molecule has 1 aliphatic carbocycles. The van der Waals surface area contributed by atoms with Crippen molar-refractivity contribution < 1.29 is 23.9 Å². The van der Waals surface area contributed by atoms with Crippen LogP contribution in [-0.4, -0.2) is 40.5 Å². The highest BCUT2D eigenvalue weighted by Crippen LogP contribution is 2.30. The van der Waals surface area contributed by atoms with Gasteiger partial charge in [0.1, 0.15) is 28.7 Å². The van der Waals surface area contributed by atoms with Crippen molar-refractivity contribution in [1.82, 2.24) is 15.3 Å². The van der Waals surface area contributed by atoms with Crippen molar-refractivity contribution in [2.75, 3.05) is 17.7 Å². The van der Waals surface area contributed by atoms with Gasteiger partial charge in [-0.05, 0) is 44.9 Å². The fourth-order valence-corrected chi connectivity index (χ4v) is 2.26. The molecule has 2 heterocycles. The van der Waals surface area contributed by atoms with E-state index >= 15 is 0 Å². The fraction of sp³-hybridized carbons (Fsp3) is 0.350. The van der Waals surface area contributed by atoms with E-state index in [1.165, 1.54) is 25.6 Å². The summed E-state index contributed by atoms with van der Waals surface area (Å²) in [6.45, 7) is 3.09. The first kappa shape index (κ1) is 21.2. The maximum atomic E-state index is 11.9. The third-order valence-corrected chi connectivity index (χ3v) is 4.43. The Morgan fingerprint density at radius 2 is 1.80 bits per heavy atom. The molecular weight excluding hydrogens is 390 g/mol. The van der Waals surface area contributed by atoms with Gasteiger partial charge in [0.15, 0.2) is 0 Å². The third-order valence-electron chi connectivity index (χ3n) is 4.43. The van der Waals surface area contributed by atoms with E-state index in [2.05, 4.69) is 25.9 Å². The number of carbonyl (C=O) groups excluding carboxylic acids is 3. The molecule has 3 rings (SSSR count). The van der Waals surface area contributed by atoms with E-state index in [0.717, 1.165) is 12.8 Å². The lowest BCUT2D eigenvalue weighted by molar-refractivity contribution is -0.138. The highest BCUT2D eigenvalue weighted by Gasteiger charge is 2.30. The number of anilines is 2. The number of nitrogens with zero attached hydrogens (tertiary/aromatic N) is 2. The van der Waals surface area contributed by atoms with Crippen LogP contribution in [0.4, 0.5) is 16.4 Å². The minimum atomic E-state index is -1.13. The van der Waals surface area contributed by atoms with E-state index in [-0.39, 0.29) is 17.6 Å². The number of carbonyl (C=O) groups is 3. The van der Waals surface area contributed by atoms with Crippen molar-refractivity contribution in [3.05, 3.63) is 36.7 Å². The summed E-state index contributed by atoms with van der Waals surface area (Å²) in [7, 11) is 1.38. The number of hydrogen-bond acceptors (Lipinski definition) is 7. The summed E-state index contributed by atoms with van der Waals surface area (Å²) >= 11 is 0. The molecule has 0 radical (unpaired) electrons. The summed E-state index contributed by atoms with van der Waals surface area (Å²) in [6, 6.07) is 5.67. The second kappa shape index (κ2) is 8.87. The molecule has 0 saturated heterocycles.